The van der Waals surface area contributed by atoms with Crippen molar-refractivity contribution in [3.8, 4) is 5.75 Å². The van der Waals surface area contributed by atoms with Gasteiger partial charge in [-0.05, 0) is 76.4 Å². The fourth-order valence-corrected chi connectivity index (χ4v) is 4.56. The van der Waals surface area contributed by atoms with Crippen molar-refractivity contribution in [2.75, 3.05) is 13.2 Å². The summed E-state index contributed by atoms with van der Waals surface area (Å²) in [5.41, 5.74) is 2.99. The molecule has 2 heterocycles. The molecule has 1 amide bonds. The number of carbonyl (C=O) groups excluding carboxylic acids is 1. The van der Waals surface area contributed by atoms with Crippen molar-refractivity contribution in [2.45, 2.75) is 65.0 Å². The van der Waals surface area contributed by atoms with Gasteiger partial charge in [0.1, 0.15) is 11.6 Å². The number of likely N-dealkylation sites (tertiary alicyclic amines) is 1. The highest BCUT2D eigenvalue weighted by atomic mass is 35.5. The van der Waals surface area contributed by atoms with Crippen LogP contribution in [-0.2, 0) is 11.3 Å². The molecule has 170 valence electrons. The summed E-state index contributed by atoms with van der Waals surface area (Å²) in [5.74, 6) is 2.23. The molecule has 2 aromatic carbocycles. The first kappa shape index (κ1) is 22.7. The zero-order valence-corrected chi connectivity index (χ0v) is 20.2. The minimum Gasteiger partial charge on any atom is -0.494 e. The number of hydrogen-bond donors (Lipinski definition) is 0. The molecule has 1 unspecified atom stereocenters. The number of ether oxygens (including phenoxy) is 1. The molecule has 0 saturated carbocycles. The average Bonchev–Trinajstić information content (AvgIpc) is 3.31. The quantitative estimate of drug-likeness (QED) is 0.414. The SMILES string of the molecule is Cc1cc(OCCCCn2c(C3CC(=O)N(C(C)(C)C)C3)nc3ccccc32)ccc1Cl. The van der Waals surface area contributed by atoms with Gasteiger partial charge in [0, 0.05) is 36.0 Å². The fourth-order valence-electron chi connectivity index (χ4n) is 4.44. The van der Waals surface area contributed by atoms with Crippen molar-refractivity contribution in [2.24, 2.45) is 0 Å². The lowest BCUT2D eigenvalue weighted by atomic mass is 10.1. The number of amides is 1. The number of benzene rings is 2. The molecule has 5 nitrogen and oxygen atoms in total. The van der Waals surface area contributed by atoms with E-state index in [0.717, 1.165) is 59.1 Å². The van der Waals surface area contributed by atoms with E-state index in [1.165, 1.54) is 0 Å². The molecule has 0 bridgehead atoms. The number of hydrogen-bond acceptors (Lipinski definition) is 3. The summed E-state index contributed by atoms with van der Waals surface area (Å²) < 4.78 is 8.22. The van der Waals surface area contributed by atoms with E-state index >= 15 is 0 Å². The normalized spacial score (nSPS) is 16.8. The summed E-state index contributed by atoms with van der Waals surface area (Å²) in [6.07, 6.45) is 2.44. The molecule has 3 aromatic rings. The van der Waals surface area contributed by atoms with Crippen LogP contribution in [-0.4, -0.2) is 39.0 Å². The molecule has 0 aliphatic carbocycles. The van der Waals surface area contributed by atoms with Gasteiger partial charge < -0.3 is 14.2 Å². The number of fused-ring (bicyclic) bond motifs is 1. The van der Waals surface area contributed by atoms with Gasteiger partial charge in [-0.25, -0.2) is 4.98 Å². The second-order valence-corrected chi connectivity index (χ2v) is 10.1. The van der Waals surface area contributed by atoms with E-state index in [-0.39, 0.29) is 17.4 Å². The second kappa shape index (κ2) is 9.14. The highest BCUT2D eigenvalue weighted by Gasteiger charge is 2.38. The van der Waals surface area contributed by atoms with E-state index in [4.69, 9.17) is 21.3 Å². The van der Waals surface area contributed by atoms with Crippen molar-refractivity contribution in [1.29, 1.82) is 0 Å². The first-order chi connectivity index (χ1) is 15.2. The van der Waals surface area contributed by atoms with E-state index in [9.17, 15) is 4.79 Å². The van der Waals surface area contributed by atoms with Crippen LogP contribution in [0.2, 0.25) is 5.02 Å². The van der Waals surface area contributed by atoms with E-state index in [0.29, 0.717) is 13.0 Å². The lowest BCUT2D eigenvalue weighted by molar-refractivity contribution is -0.131. The molecule has 1 aliphatic heterocycles. The van der Waals surface area contributed by atoms with Crippen molar-refractivity contribution in [1.82, 2.24) is 14.5 Å². The Morgan fingerprint density at radius 3 is 2.66 bits per heavy atom. The minimum atomic E-state index is -0.167. The fraction of sp³-hybridized carbons (Fsp3) is 0.462. The van der Waals surface area contributed by atoms with Crippen LogP contribution in [0.15, 0.2) is 42.5 Å². The molecule has 0 spiro atoms. The van der Waals surface area contributed by atoms with Gasteiger partial charge in [-0.3, -0.25) is 4.79 Å². The topological polar surface area (TPSA) is 47.4 Å². The van der Waals surface area contributed by atoms with Crippen LogP contribution in [0.4, 0.5) is 0 Å². The van der Waals surface area contributed by atoms with E-state index < -0.39 is 0 Å². The van der Waals surface area contributed by atoms with Gasteiger partial charge in [0.05, 0.1) is 17.6 Å². The predicted octanol–water partition coefficient (Wildman–Crippen LogP) is 5.97. The number of unbranched alkanes of at least 4 members (excludes halogenated alkanes) is 1. The molecule has 1 aliphatic rings. The molecule has 1 saturated heterocycles. The van der Waals surface area contributed by atoms with Crippen molar-refractivity contribution in [3.05, 3.63) is 58.9 Å². The zero-order valence-electron chi connectivity index (χ0n) is 19.4. The first-order valence-electron chi connectivity index (χ1n) is 11.4. The Morgan fingerprint density at radius 2 is 1.94 bits per heavy atom. The lowest BCUT2D eigenvalue weighted by Gasteiger charge is -2.32. The van der Waals surface area contributed by atoms with Crippen molar-refractivity contribution < 1.29 is 9.53 Å². The Bertz CT molecular complexity index is 1120. The maximum absolute atomic E-state index is 12.7. The molecule has 4 rings (SSSR count). The Balaban J connectivity index is 1.44. The Kier molecular flexibility index (Phi) is 6.47. The summed E-state index contributed by atoms with van der Waals surface area (Å²) in [5, 5.41) is 0.757. The third kappa shape index (κ3) is 4.78. The summed E-state index contributed by atoms with van der Waals surface area (Å²) >= 11 is 6.09. The van der Waals surface area contributed by atoms with E-state index in [1.54, 1.807) is 0 Å². The zero-order chi connectivity index (χ0) is 22.9. The van der Waals surface area contributed by atoms with Gasteiger partial charge in [0.25, 0.3) is 0 Å². The van der Waals surface area contributed by atoms with E-state index in [2.05, 4.69) is 43.5 Å². The van der Waals surface area contributed by atoms with Gasteiger partial charge in [-0.1, -0.05) is 23.7 Å². The standard InChI is InChI=1S/C26H32ClN3O2/c1-18-15-20(11-12-21(18)27)32-14-8-7-13-29-23-10-6-5-9-22(23)28-25(29)19-16-24(31)30(17-19)26(2,3)4/h5-6,9-12,15,19H,7-8,13-14,16-17H2,1-4H3. The second-order valence-electron chi connectivity index (χ2n) is 9.65. The van der Waals surface area contributed by atoms with E-state index in [1.807, 2.05) is 36.1 Å². The van der Waals surface area contributed by atoms with Gasteiger partial charge in [-0.15, -0.1) is 0 Å². The third-order valence-corrected chi connectivity index (χ3v) is 6.58. The summed E-state index contributed by atoms with van der Waals surface area (Å²) in [4.78, 5) is 19.6. The average molecular weight is 454 g/mol. The van der Waals surface area contributed by atoms with Crippen LogP contribution in [0.3, 0.4) is 0 Å². The maximum atomic E-state index is 12.7. The van der Waals surface area contributed by atoms with Crippen LogP contribution in [0, 0.1) is 6.92 Å². The Labute approximate surface area is 195 Å². The number of carbonyl (C=O) groups is 1. The Hall–Kier alpha value is -2.53. The predicted molar refractivity (Wildman–Crippen MR) is 129 cm³/mol. The number of rotatable bonds is 7. The monoisotopic (exact) mass is 453 g/mol. The third-order valence-electron chi connectivity index (χ3n) is 6.16. The van der Waals surface area contributed by atoms with Gasteiger partial charge in [0.2, 0.25) is 5.91 Å². The van der Waals surface area contributed by atoms with Crippen molar-refractivity contribution >= 4 is 28.5 Å². The molecule has 6 heteroatoms. The molecule has 32 heavy (non-hydrogen) atoms. The molecule has 0 N–H and O–H groups in total. The molecular weight excluding hydrogens is 422 g/mol. The van der Waals surface area contributed by atoms with Crippen LogP contribution in [0.5, 0.6) is 5.75 Å². The Morgan fingerprint density at radius 1 is 1.16 bits per heavy atom. The smallest absolute Gasteiger partial charge is 0.223 e. The first-order valence-corrected chi connectivity index (χ1v) is 11.8. The molecule has 1 atom stereocenters. The highest BCUT2D eigenvalue weighted by Crippen LogP contribution is 2.34. The number of nitrogens with zero attached hydrogens (tertiary/aromatic N) is 3. The van der Waals surface area contributed by atoms with Crippen LogP contribution >= 0.6 is 11.6 Å². The summed E-state index contributed by atoms with van der Waals surface area (Å²) in [6.45, 7) is 10.5. The molecule has 0 radical (unpaired) electrons. The lowest BCUT2D eigenvalue weighted by Crippen LogP contribution is -2.42. The number of halogens is 1. The largest absolute Gasteiger partial charge is 0.494 e. The van der Waals surface area contributed by atoms with Crippen molar-refractivity contribution in [3.63, 3.8) is 0 Å². The maximum Gasteiger partial charge on any atom is 0.223 e. The number of para-hydroxylation sites is 2. The summed E-state index contributed by atoms with van der Waals surface area (Å²) in [6, 6.07) is 14.0. The number of aromatic nitrogens is 2. The molecule has 1 aromatic heterocycles. The number of imidazole rings is 1. The van der Waals surface area contributed by atoms with Crippen LogP contribution in [0.1, 0.15) is 57.3 Å². The van der Waals surface area contributed by atoms with Gasteiger partial charge >= 0.3 is 0 Å². The van der Waals surface area contributed by atoms with Gasteiger partial charge in [0.15, 0.2) is 0 Å². The molecule has 1 fully saturated rings. The van der Waals surface area contributed by atoms with Gasteiger partial charge in [-0.2, -0.15) is 0 Å². The highest BCUT2D eigenvalue weighted by molar-refractivity contribution is 6.31. The summed E-state index contributed by atoms with van der Waals surface area (Å²) in [7, 11) is 0. The number of aryl methyl sites for hydroxylation is 2. The van der Waals surface area contributed by atoms with Crippen LogP contribution in [0.25, 0.3) is 11.0 Å². The van der Waals surface area contributed by atoms with Crippen LogP contribution < -0.4 is 4.74 Å². The minimum absolute atomic E-state index is 0.127. The molecular formula is C26H32ClN3O2.